The van der Waals surface area contributed by atoms with E-state index in [1.165, 1.54) is 12.4 Å². The number of nitrogens with one attached hydrogen (secondary N) is 1. The number of nitrogens with zero attached hydrogens (tertiary/aromatic N) is 4. The molecule has 1 aliphatic rings. The van der Waals surface area contributed by atoms with Gasteiger partial charge in [0, 0.05) is 24.4 Å². The van der Waals surface area contributed by atoms with Crippen LogP contribution in [0.4, 0.5) is 20.7 Å². The minimum Gasteiger partial charge on any atom is -0.472 e. The van der Waals surface area contributed by atoms with E-state index in [0.717, 1.165) is 0 Å². The van der Waals surface area contributed by atoms with Crippen LogP contribution in [0.5, 0.6) is 5.88 Å². The molecular formula is C22H23ClFN5O3. The number of hydrogen-bond acceptors (Lipinski definition) is 7. The summed E-state index contributed by atoms with van der Waals surface area (Å²) in [6.07, 6.45) is 3.00. The fourth-order valence-corrected chi connectivity index (χ4v) is 3.49. The van der Waals surface area contributed by atoms with Crippen molar-refractivity contribution >= 4 is 40.1 Å². The smallest absolute Gasteiger partial charge is 0.410 e. The molecule has 1 aromatic carbocycles. The van der Waals surface area contributed by atoms with Crippen LogP contribution in [0.15, 0.2) is 36.8 Å². The molecule has 1 N–H and O–H groups in total. The molecule has 1 atom stereocenters. The second kappa shape index (κ2) is 8.74. The third kappa shape index (κ3) is 4.99. The quantitative estimate of drug-likeness (QED) is 0.590. The van der Waals surface area contributed by atoms with E-state index < -0.39 is 11.4 Å². The number of ether oxygens (including phenoxy) is 2. The van der Waals surface area contributed by atoms with Crippen molar-refractivity contribution in [1.29, 1.82) is 0 Å². The Labute approximate surface area is 189 Å². The first-order chi connectivity index (χ1) is 15.2. The van der Waals surface area contributed by atoms with Gasteiger partial charge in [-0.2, -0.15) is 0 Å². The maximum absolute atomic E-state index is 14.3. The van der Waals surface area contributed by atoms with Crippen LogP contribution in [-0.2, 0) is 4.74 Å². The molecule has 1 amide bonds. The van der Waals surface area contributed by atoms with E-state index in [4.69, 9.17) is 21.1 Å². The second-order valence-corrected chi connectivity index (χ2v) is 8.85. The number of hydrogen-bond donors (Lipinski definition) is 1. The van der Waals surface area contributed by atoms with Crippen LogP contribution in [0.25, 0.3) is 10.9 Å². The highest BCUT2D eigenvalue weighted by Gasteiger charge is 2.31. The Morgan fingerprint density at radius 3 is 2.88 bits per heavy atom. The van der Waals surface area contributed by atoms with Crippen LogP contribution in [-0.4, -0.2) is 50.7 Å². The van der Waals surface area contributed by atoms with Gasteiger partial charge in [-0.1, -0.05) is 17.7 Å². The lowest BCUT2D eigenvalue weighted by molar-refractivity contribution is 0.0275. The molecule has 4 rings (SSSR count). The number of fused-ring (bicyclic) bond motifs is 1. The average Bonchev–Trinajstić information content (AvgIpc) is 3.19. The first-order valence-corrected chi connectivity index (χ1v) is 10.5. The molecule has 3 heterocycles. The minimum absolute atomic E-state index is 0.00910. The Bertz CT molecular complexity index is 1150. The standard InChI is InChI=1S/C22H23ClFN5O3/c1-22(2,3)32-21(30)29-8-7-13(11-29)31-18-9-14-17(10-25-18)26-12-27-20(14)28-16-6-4-5-15(23)19(16)24/h4-6,9-10,12-13H,7-8,11H2,1-3H3,(H,26,27,28)/t13-/m0/s1. The van der Waals surface area contributed by atoms with Crippen molar-refractivity contribution in [2.75, 3.05) is 18.4 Å². The third-order valence-corrected chi connectivity index (χ3v) is 5.08. The fraction of sp³-hybridized carbons (Fsp3) is 0.364. The molecule has 1 saturated heterocycles. The molecule has 0 aliphatic carbocycles. The SMILES string of the molecule is CC(C)(C)OC(=O)N1CC[C@H](Oc2cc3c(Nc4cccc(Cl)c4F)ncnc3cn2)C1. The molecule has 0 saturated carbocycles. The van der Waals surface area contributed by atoms with E-state index in [2.05, 4.69) is 20.3 Å². The van der Waals surface area contributed by atoms with Gasteiger partial charge in [0.15, 0.2) is 5.82 Å². The Kier molecular flexibility index (Phi) is 6.01. The van der Waals surface area contributed by atoms with Gasteiger partial charge in [-0.3, -0.25) is 0 Å². The summed E-state index contributed by atoms with van der Waals surface area (Å²) in [6.45, 7) is 6.43. The number of benzene rings is 1. The van der Waals surface area contributed by atoms with Gasteiger partial charge >= 0.3 is 6.09 Å². The van der Waals surface area contributed by atoms with Gasteiger partial charge in [0.2, 0.25) is 5.88 Å². The molecule has 0 bridgehead atoms. The molecule has 2 aromatic heterocycles. The summed E-state index contributed by atoms with van der Waals surface area (Å²) in [5.74, 6) is 0.183. The van der Waals surface area contributed by atoms with Crippen molar-refractivity contribution in [3.63, 3.8) is 0 Å². The zero-order valence-electron chi connectivity index (χ0n) is 17.9. The van der Waals surface area contributed by atoms with E-state index in [-0.39, 0.29) is 22.9 Å². The second-order valence-electron chi connectivity index (χ2n) is 8.44. The topological polar surface area (TPSA) is 89.5 Å². The molecule has 0 unspecified atom stereocenters. The van der Waals surface area contributed by atoms with Crippen molar-refractivity contribution < 1.29 is 18.7 Å². The molecule has 1 aliphatic heterocycles. The number of carbonyl (C=O) groups is 1. The van der Waals surface area contributed by atoms with Crippen LogP contribution in [0.3, 0.4) is 0 Å². The first kappa shape index (κ1) is 22.0. The summed E-state index contributed by atoms with van der Waals surface area (Å²) in [5.41, 5.74) is 0.210. The number of amides is 1. The van der Waals surface area contributed by atoms with Gasteiger partial charge in [0.25, 0.3) is 0 Å². The molecule has 3 aromatic rings. The van der Waals surface area contributed by atoms with Crippen molar-refractivity contribution in [2.24, 2.45) is 0 Å². The molecule has 0 radical (unpaired) electrons. The number of aromatic nitrogens is 3. The van der Waals surface area contributed by atoms with Gasteiger partial charge < -0.3 is 19.7 Å². The van der Waals surface area contributed by atoms with Crippen LogP contribution >= 0.6 is 11.6 Å². The Morgan fingerprint density at radius 1 is 1.28 bits per heavy atom. The predicted octanol–water partition coefficient (Wildman–Crippen LogP) is 4.95. The van der Waals surface area contributed by atoms with Gasteiger partial charge in [-0.25, -0.2) is 24.1 Å². The minimum atomic E-state index is -0.570. The van der Waals surface area contributed by atoms with Crippen LogP contribution in [0, 0.1) is 5.82 Å². The zero-order valence-corrected chi connectivity index (χ0v) is 18.7. The van der Waals surface area contributed by atoms with Gasteiger partial charge in [-0.15, -0.1) is 0 Å². The lowest BCUT2D eigenvalue weighted by Gasteiger charge is -2.24. The van der Waals surface area contributed by atoms with Crippen molar-refractivity contribution in [3.8, 4) is 5.88 Å². The summed E-state index contributed by atoms with van der Waals surface area (Å²) < 4.78 is 25.7. The van der Waals surface area contributed by atoms with E-state index in [1.807, 2.05) is 20.8 Å². The normalized spacial score (nSPS) is 16.3. The summed E-state index contributed by atoms with van der Waals surface area (Å²) in [5, 5.41) is 3.58. The Balaban J connectivity index is 1.51. The van der Waals surface area contributed by atoms with E-state index in [0.29, 0.717) is 42.1 Å². The summed E-state index contributed by atoms with van der Waals surface area (Å²) in [4.78, 5) is 26.6. The van der Waals surface area contributed by atoms with E-state index in [1.54, 1.807) is 29.3 Å². The molecule has 8 nitrogen and oxygen atoms in total. The molecule has 168 valence electrons. The van der Waals surface area contributed by atoms with Crippen molar-refractivity contribution in [3.05, 3.63) is 47.6 Å². The molecule has 0 spiro atoms. The highest BCUT2D eigenvalue weighted by atomic mass is 35.5. The number of anilines is 2. The molecule has 10 heteroatoms. The van der Waals surface area contributed by atoms with E-state index in [9.17, 15) is 9.18 Å². The first-order valence-electron chi connectivity index (χ1n) is 10.2. The Hall–Kier alpha value is -3.20. The lowest BCUT2D eigenvalue weighted by atomic mass is 10.2. The maximum Gasteiger partial charge on any atom is 0.410 e. The largest absolute Gasteiger partial charge is 0.472 e. The third-order valence-electron chi connectivity index (χ3n) is 4.79. The van der Waals surface area contributed by atoms with Gasteiger partial charge in [-0.05, 0) is 32.9 Å². The van der Waals surface area contributed by atoms with Crippen LogP contribution < -0.4 is 10.1 Å². The molecule has 1 fully saturated rings. The van der Waals surface area contributed by atoms with Gasteiger partial charge in [0.05, 0.1) is 29.0 Å². The van der Waals surface area contributed by atoms with E-state index >= 15 is 0 Å². The number of carbonyl (C=O) groups excluding carboxylic acids is 1. The van der Waals surface area contributed by atoms with Crippen LogP contribution in [0.1, 0.15) is 27.2 Å². The van der Waals surface area contributed by atoms with Gasteiger partial charge in [0.1, 0.15) is 23.9 Å². The molecular weight excluding hydrogens is 437 g/mol. The highest BCUT2D eigenvalue weighted by Crippen LogP contribution is 2.29. The number of likely N-dealkylation sites (tertiary alicyclic amines) is 1. The molecule has 32 heavy (non-hydrogen) atoms. The fourth-order valence-electron chi connectivity index (χ4n) is 3.32. The predicted molar refractivity (Wildman–Crippen MR) is 119 cm³/mol. The Morgan fingerprint density at radius 2 is 2.09 bits per heavy atom. The highest BCUT2D eigenvalue weighted by molar-refractivity contribution is 6.31. The van der Waals surface area contributed by atoms with Crippen molar-refractivity contribution in [1.82, 2.24) is 19.9 Å². The maximum atomic E-state index is 14.3. The summed E-state index contributed by atoms with van der Waals surface area (Å²) in [6, 6.07) is 6.37. The monoisotopic (exact) mass is 459 g/mol. The number of rotatable bonds is 4. The zero-order chi connectivity index (χ0) is 22.9. The summed E-state index contributed by atoms with van der Waals surface area (Å²) >= 11 is 5.87. The van der Waals surface area contributed by atoms with Crippen molar-refractivity contribution in [2.45, 2.75) is 38.9 Å². The average molecular weight is 460 g/mol. The summed E-state index contributed by atoms with van der Waals surface area (Å²) in [7, 11) is 0. The lowest BCUT2D eigenvalue weighted by Crippen LogP contribution is -2.36. The number of halogens is 2. The van der Waals surface area contributed by atoms with Crippen LogP contribution in [0.2, 0.25) is 5.02 Å². The number of pyridine rings is 1.